The van der Waals surface area contributed by atoms with Gasteiger partial charge in [-0.3, -0.25) is 4.79 Å². The molecule has 1 fully saturated rings. The van der Waals surface area contributed by atoms with Gasteiger partial charge in [0.1, 0.15) is 5.78 Å². The lowest BCUT2D eigenvalue weighted by molar-refractivity contribution is -0.124. The molecule has 4 heteroatoms. The molecule has 0 unspecified atom stereocenters. The van der Waals surface area contributed by atoms with Crippen LogP contribution in [0, 0.1) is 5.82 Å². The van der Waals surface area contributed by atoms with E-state index in [0.29, 0.717) is 0 Å². The first kappa shape index (κ1) is 14.0. The number of ketones is 1. The first-order valence-electron chi connectivity index (χ1n) is 6.53. The van der Waals surface area contributed by atoms with Gasteiger partial charge >= 0.3 is 0 Å². The average Bonchev–Trinajstić information content (AvgIpc) is 2.39. The van der Waals surface area contributed by atoms with Crippen LogP contribution in [0.25, 0.3) is 0 Å². The van der Waals surface area contributed by atoms with Gasteiger partial charge in [0.2, 0.25) is 0 Å². The van der Waals surface area contributed by atoms with Gasteiger partial charge in [0, 0.05) is 0 Å². The minimum atomic E-state index is -0.542. The molecule has 3 nitrogen and oxygen atoms in total. The number of ether oxygens (including phenoxy) is 1. The summed E-state index contributed by atoms with van der Waals surface area (Å²) in [4.78, 5) is 14.3. The highest BCUT2D eigenvalue weighted by molar-refractivity contribution is 5.88. The molecule has 1 aromatic rings. The Kier molecular flexibility index (Phi) is 3.90. The maximum atomic E-state index is 13.9. The lowest BCUT2D eigenvalue weighted by atomic mass is 9.70. The van der Waals surface area contributed by atoms with Gasteiger partial charge in [0.25, 0.3) is 0 Å². The Morgan fingerprint density at radius 1 is 1.37 bits per heavy atom. The zero-order chi connectivity index (χ0) is 14.0. The molecule has 0 aliphatic carbocycles. The maximum Gasteiger partial charge on any atom is 0.165 e. The summed E-state index contributed by atoms with van der Waals surface area (Å²) in [6, 6.07) is 4.87. The monoisotopic (exact) mass is 265 g/mol. The predicted octanol–water partition coefficient (Wildman–Crippen LogP) is 2.39. The quantitative estimate of drug-likeness (QED) is 0.840. The van der Waals surface area contributed by atoms with Crippen LogP contribution in [0.2, 0.25) is 0 Å². The van der Waals surface area contributed by atoms with Crippen LogP contribution < -0.4 is 4.74 Å². The maximum absolute atomic E-state index is 13.9. The highest BCUT2D eigenvalue weighted by Gasteiger charge is 2.40. The summed E-state index contributed by atoms with van der Waals surface area (Å²) in [5.41, 5.74) is 0.228. The van der Waals surface area contributed by atoms with Gasteiger partial charge in [-0.1, -0.05) is 6.07 Å². The number of rotatable bonds is 3. The topological polar surface area (TPSA) is 29.5 Å². The third-order valence-corrected chi connectivity index (χ3v) is 4.22. The highest BCUT2D eigenvalue weighted by atomic mass is 19.1. The summed E-state index contributed by atoms with van der Waals surface area (Å²) in [7, 11) is 3.48. The highest BCUT2D eigenvalue weighted by Crippen LogP contribution is 2.37. The Labute approximate surface area is 113 Å². The van der Waals surface area contributed by atoms with Gasteiger partial charge < -0.3 is 9.64 Å². The summed E-state index contributed by atoms with van der Waals surface area (Å²) in [5.74, 6) is -0.0694. The molecule has 2 rings (SSSR count). The third kappa shape index (κ3) is 2.50. The number of carbonyl (C=O) groups is 1. The van der Waals surface area contributed by atoms with Crippen molar-refractivity contribution in [1.82, 2.24) is 4.90 Å². The van der Waals surface area contributed by atoms with Crippen LogP contribution in [0.4, 0.5) is 4.39 Å². The summed E-state index contributed by atoms with van der Waals surface area (Å²) in [6.07, 6.45) is 1.48. The minimum Gasteiger partial charge on any atom is -0.494 e. The molecule has 0 aromatic heterocycles. The van der Waals surface area contributed by atoms with E-state index < -0.39 is 11.2 Å². The molecule has 0 spiro atoms. The van der Waals surface area contributed by atoms with Crippen LogP contribution in [-0.4, -0.2) is 37.9 Å². The number of methoxy groups -OCH3 is 1. The van der Waals surface area contributed by atoms with E-state index in [4.69, 9.17) is 4.74 Å². The fraction of sp³-hybridized carbons (Fsp3) is 0.533. The predicted molar refractivity (Wildman–Crippen MR) is 72.0 cm³/mol. The summed E-state index contributed by atoms with van der Waals surface area (Å²) in [6.45, 7) is 3.31. The molecule has 1 saturated heterocycles. The molecule has 0 N–H and O–H groups in total. The van der Waals surface area contributed by atoms with Crippen LogP contribution in [-0.2, 0) is 10.2 Å². The smallest absolute Gasteiger partial charge is 0.165 e. The van der Waals surface area contributed by atoms with E-state index in [2.05, 4.69) is 4.90 Å². The van der Waals surface area contributed by atoms with Crippen molar-refractivity contribution in [2.24, 2.45) is 0 Å². The van der Waals surface area contributed by atoms with Gasteiger partial charge in [-0.2, -0.15) is 0 Å². The van der Waals surface area contributed by atoms with Gasteiger partial charge in [-0.15, -0.1) is 0 Å². The zero-order valence-corrected chi connectivity index (χ0v) is 11.7. The fourth-order valence-corrected chi connectivity index (χ4v) is 2.81. The molecular weight excluding hydrogens is 245 g/mol. The molecule has 0 atom stereocenters. The number of carbonyl (C=O) groups excluding carboxylic acids is 1. The van der Waals surface area contributed by atoms with E-state index in [-0.39, 0.29) is 11.5 Å². The Morgan fingerprint density at radius 2 is 2.00 bits per heavy atom. The molecule has 0 bridgehead atoms. The summed E-state index contributed by atoms with van der Waals surface area (Å²) >= 11 is 0. The molecule has 0 radical (unpaired) electrons. The standard InChI is InChI=1S/C15H20FNO2/c1-11(18)15(6-8-17(2)9-7-15)12-4-5-14(19-3)13(16)10-12/h4-5,10H,6-9H2,1-3H3. The molecule has 0 saturated carbocycles. The molecule has 1 aromatic carbocycles. The van der Waals surface area contributed by atoms with Crippen LogP contribution in [0.1, 0.15) is 25.3 Å². The molecule has 0 amide bonds. The lowest BCUT2D eigenvalue weighted by Gasteiger charge is -2.39. The molecule has 104 valence electrons. The number of benzene rings is 1. The van der Waals surface area contributed by atoms with Gasteiger partial charge in [0.15, 0.2) is 11.6 Å². The van der Waals surface area contributed by atoms with Crippen molar-refractivity contribution in [2.75, 3.05) is 27.2 Å². The Bertz CT molecular complexity index is 479. The fourth-order valence-electron chi connectivity index (χ4n) is 2.81. The van der Waals surface area contributed by atoms with Gasteiger partial charge in [-0.25, -0.2) is 4.39 Å². The number of likely N-dealkylation sites (tertiary alicyclic amines) is 1. The first-order valence-corrected chi connectivity index (χ1v) is 6.53. The Hall–Kier alpha value is -1.42. The SMILES string of the molecule is COc1ccc(C2(C(C)=O)CCN(C)CC2)cc1F. The summed E-state index contributed by atoms with van der Waals surface area (Å²) in [5, 5.41) is 0. The van der Waals surface area contributed by atoms with Crippen molar-refractivity contribution in [3.05, 3.63) is 29.6 Å². The summed E-state index contributed by atoms with van der Waals surface area (Å²) < 4.78 is 18.8. The van der Waals surface area contributed by atoms with Crippen molar-refractivity contribution in [1.29, 1.82) is 0 Å². The molecular formula is C15H20FNO2. The van der Waals surface area contributed by atoms with Crippen molar-refractivity contribution in [3.8, 4) is 5.75 Å². The van der Waals surface area contributed by atoms with E-state index in [1.54, 1.807) is 13.0 Å². The average molecular weight is 265 g/mol. The van der Waals surface area contributed by atoms with E-state index in [0.717, 1.165) is 31.5 Å². The number of hydrogen-bond acceptors (Lipinski definition) is 3. The minimum absolute atomic E-state index is 0.116. The Balaban J connectivity index is 2.40. The number of Topliss-reactive ketones (excluding diaryl/α,β-unsaturated/α-hetero) is 1. The van der Waals surface area contributed by atoms with Crippen LogP contribution in [0.5, 0.6) is 5.75 Å². The van der Waals surface area contributed by atoms with Crippen molar-refractivity contribution in [3.63, 3.8) is 0 Å². The second-order valence-electron chi connectivity index (χ2n) is 5.29. The number of nitrogens with zero attached hydrogens (tertiary/aromatic N) is 1. The van der Waals surface area contributed by atoms with E-state index in [1.807, 2.05) is 13.1 Å². The zero-order valence-electron chi connectivity index (χ0n) is 11.7. The van der Waals surface area contributed by atoms with Crippen molar-refractivity contribution < 1.29 is 13.9 Å². The number of hydrogen-bond donors (Lipinski definition) is 0. The molecule has 1 aliphatic rings. The van der Waals surface area contributed by atoms with Crippen LogP contribution in [0.15, 0.2) is 18.2 Å². The van der Waals surface area contributed by atoms with Crippen molar-refractivity contribution in [2.45, 2.75) is 25.2 Å². The second kappa shape index (κ2) is 5.29. The largest absolute Gasteiger partial charge is 0.494 e. The van der Waals surface area contributed by atoms with Gasteiger partial charge in [0.05, 0.1) is 12.5 Å². The molecule has 19 heavy (non-hydrogen) atoms. The number of halogens is 1. The van der Waals surface area contributed by atoms with Gasteiger partial charge in [-0.05, 0) is 57.6 Å². The van der Waals surface area contributed by atoms with Crippen molar-refractivity contribution >= 4 is 5.78 Å². The molecule has 1 heterocycles. The lowest BCUT2D eigenvalue weighted by Crippen LogP contribution is -2.45. The third-order valence-electron chi connectivity index (χ3n) is 4.22. The van der Waals surface area contributed by atoms with Crippen LogP contribution in [0.3, 0.4) is 0 Å². The van der Waals surface area contributed by atoms with E-state index in [9.17, 15) is 9.18 Å². The normalized spacial score (nSPS) is 19.2. The molecule has 1 aliphatic heterocycles. The first-order chi connectivity index (χ1) is 8.99. The Morgan fingerprint density at radius 3 is 2.47 bits per heavy atom. The van der Waals surface area contributed by atoms with Crippen LogP contribution >= 0.6 is 0 Å². The van der Waals surface area contributed by atoms with E-state index >= 15 is 0 Å². The second-order valence-corrected chi connectivity index (χ2v) is 5.29. The van der Waals surface area contributed by atoms with E-state index in [1.165, 1.54) is 13.2 Å². The number of piperidine rings is 1.